The highest BCUT2D eigenvalue weighted by Crippen LogP contribution is 2.36. The van der Waals surface area contributed by atoms with Gasteiger partial charge in [-0.15, -0.1) is 0 Å². The van der Waals surface area contributed by atoms with E-state index < -0.39 is 15.9 Å². The van der Waals surface area contributed by atoms with Crippen molar-refractivity contribution in [2.24, 2.45) is 5.92 Å². The lowest BCUT2D eigenvalue weighted by Crippen LogP contribution is -2.27. The molecule has 1 aliphatic rings. The van der Waals surface area contributed by atoms with E-state index in [1.54, 1.807) is 30.5 Å². The summed E-state index contributed by atoms with van der Waals surface area (Å²) < 4.78 is 30.5. The molecule has 10 heteroatoms. The first-order chi connectivity index (χ1) is 16.1. The fourth-order valence-corrected chi connectivity index (χ4v) is 5.05. The SMILES string of the molecule is CS(=O)(=O)c1ccc(-n2ccc(OCC3CN(C(=O)O)CC3c3ccccc3Cl)cc2=O)cc1. The largest absolute Gasteiger partial charge is 0.493 e. The van der Waals surface area contributed by atoms with Crippen LogP contribution in [0.2, 0.25) is 5.02 Å². The fourth-order valence-electron chi connectivity index (χ4n) is 4.15. The third-order valence-electron chi connectivity index (χ3n) is 5.91. The normalized spacial score (nSPS) is 18.1. The topological polar surface area (TPSA) is 106 Å². The number of likely N-dealkylation sites (tertiary alicyclic amines) is 1. The molecule has 3 aromatic rings. The van der Waals surface area contributed by atoms with Crippen molar-refractivity contribution in [1.82, 2.24) is 9.47 Å². The summed E-state index contributed by atoms with van der Waals surface area (Å²) in [4.78, 5) is 25.7. The molecule has 2 atom stereocenters. The van der Waals surface area contributed by atoms with Gasteiger partial charge in [-0.25, -0.2) is 13.2 Å². The molecule has 1 aromatic heterocycles. The molecule has 178 valence electrons. The smallest absolute Gasteiger partial charge is 0.407 e. The van der Waals surface area contributed by atoms with Crippen LogP contribution in [-0.4, -0.2) is 55.0 Å². The minimum Gasteiger partial charge on any atom is -0.493 e. The molecule has 2 heterocycles. The van der Waals surface area contributed by atoms with Crippen LogP contribution in [-0.2, 0) is 9.84 Å². The number of aromatic nitrogens is 1. The van der Waals surface area contributed by atoms with Gasteiger partial charge in [0.15, 0.2) is 9.84 Å². The van der Waals surface area contributed by atoms with E-state index in [9.17, 15) is 23.1 Å². The van der Waals surface area contributed by atoms with Crippen molar-refractivity contribution in [1.29, 1.82) is 0 Å². The molecule has 0 aliphatic carbocycles. The van der Waals surface area contributed by atoms with Gasteiger partial charge in [-0.1, -0.05) is 29.8 Å². The first kappa shape index (κ1) is 23.8. The number of halogens is 1. The molecule has 1 saturated heterocycles. The molecule has 0 bridgehead atoms. The Morgan fingerprint density at radius 2 is 1.82 bits per heavy atom. The zero-order chi connectivity index (χ0) is 24.5. The minimum atomic E-state index is -3.33. The number of pyridine rings is 1. The molecule has 1 fully saturated rings. The molecular weight excluding hydrogens is 480 g/mol. The Kier molecular flexibility index (Phi) is 6.67. The van der Waals surface area contributed by atoms with E-state index in [4.69, 9.17) is 16.3 Å². The van der Waals surface area contributed by atoms with Gasteiger partial charge in [-0.05, 0) is 42.0 Å². The molecule has 2 unspecified atom stereocenters. The van der Waals surface area contributed by atoms with Crippen molar-refractivity contribution in [2.75, 3.05) is 26.0 Å². The standard InChI is InChI=1S/C24H23ClN2O6S/c1-34(31,32)19-8-6-17(7-9-19)27-11-10-18(12-23(27)28)33-15-16-13-26(24(29)30)14-21(16)20-4-2-3-5-22(20)25/h2-12,16,21H,13-15H2,1H3,(H,29,30). The second kappa shape index (κ2) is 9.52. The molecule has 8 nitrogen and oxygen atoms in total. The predicted molar refractivity (Wildman–Crippen MR) is 128 cm³/mol. The maximum absolute atomic E-state index is 12.7. The summed E-state index contributed by atoms with van der Waals surface area (Å²) in [5, 5.41) is 10.0. The van der Waals surface area contributed by atoms with E-state index in [0.29, 0.717) is 29.5 Å². The second-order valence-corrected chi connectivity index (χ2v) is 10.6. The highest BCUT2D eigenvalue weighted by atomic mass is 35.5. The Hall–Kier alpha value is -3.30. The Bertz CT molecular complexity index is 1370. The van der Waals surface area contributed by atoms with Crippen LogP contribution in [0.5, 0.6) is 5.75 Å². The second-order valence-electron chi connectivity index (χ2n) is 8.22. The Morgan fingerprint density at radius 1 is 1.12 bits per heavy atom. The lowest BCUT2D eigenvalue weighted by Gasteiger charge is -2.20. The van der Waals surface area contributed by atoms with Gasteiger partial charge in [0.05, 0.1) is 11.5 Å². The van der Waals surface area contributed by atoms with Crippen LogP contribution < -0.4 is 10.3 Å². The van der Waals surface area contributed by atoms with Crippen LogP contribution in [0.15, 0.2) is 76.6 Å². The molecule has 1 amide bonds. The summed E-state index contributed by atoms with van der Waals surface area (Å²) >= 11 is 6.36. The monoisotopic (exact) mass is 502 g/mol. The molecule has 34 heavy (non-hydrogen) atoms. The van der Waals surface area contributed by atoms with E-state index in [1.807, 2.05) is 18.2 Å². The number of ether oxygens (including phenoxy) is 1. The number of carbonyl (C=O) groups is 1. The van der Waals surface area contributed by atoms with Crippen molar-refractivity contribution in [2.45, 2.75) is 10.8 Å². The highest BCUT2D eigenvalue weighted by molar-refractivity contribution is 7.90. The van der Waals surface area contributed by atoms with E-state index in [1.165, 1.54) is 27.7 Å². The van der Waals surface area contributed by atoms with Gasteiger partial charge < -0.3 is 14.7 Å². The number of sulfone groups is 1. The van der Waals surface area contributed by atoms with Crippen LogP contribution in [0, 0.1) is 5.92 Å². The maximum Gasteiger partial charge on any atom is 0.407 e. The quantitative estimate of drug-likeness (QED) is 0.551. The molecular formula is C24H23ClN2O6S. The van der Waals surface area contributed by atoms with E-state index in [0.717, 1.165) is 11.8 Å². The van der Waals surface area contributed by atoms with Gasteiger partial charge >= 0.3 is 6.09 Å². The van der Waals surface area contributed by atoms with E-state index >= 15 is 0 Å². The molecule has 0 radical (unpaired) electrons. The number of hydrogen-bond acceptors (Lipinski definition) is 5. The number of nitrogens with zero attached hydrogens (tertiary/aromatic N) is 2. The van der Waals surface area contributed by atoms with Crippen molar-refractivity contribution < 1.29 is 23.1 Å². The first-order valence-corrected chi connectivity index (χ1v) is 12.8. The molecule has 0 spiro atoms. The summed E-state index contributed by atoms with van der Waals surface area (Å²) in [6, 6.07) is 16.4. The number of hydrogen-bond donors (Lipinski definition) is 1. The Morgan fingerprint density at radius 3 is 2.44 bits per heavy atom. The predicted octanol–water partition coefficient (Wildman–Crippen LogP) is 3.67. The van der Waals surface area contributed by atoms with Gasteiger partial charge in [0, 0.05) is 54.2 Å². The number of amides is 1. The third kappa shape index (κ3) is 5.10. The fraction of sp³-hybridized carbons (Fsp3) is 0.250. The van der Waals surface area contributed by atoms with E-state index in [2.05, 4.69) is 0 Å². The van der Waals surface area contributed by atoms with Crippen LogP contribution in [0.3, 0.4) is 0 Å². The summed E-state index contributed by atoms with van der Waals surface area (Å²) in [7, 11) is -3.33. The summed E-state index contributed by atoms with van der Waals surface area (Å²) in [5.41, 5.74) is 1.05. The van der Waals surface area contributed by atoms with Crippen molar-refractivity contribution in [3.8, 4) is 11.4 Å². The zero-order valence-corrected chi connectivity index (χ0v) is 19.9. The molecule has 4 rings (SSSR count). The van der Waals surface area contributed by atoms with Gasteiger partial charge in [-0.3, -0.25) is 9.36 Å². The van der Waals surface area contributed by atoms with Gasteiger partial charge in [0.2, 0.25) is 0 Å². The minimum absolute atomic E-state index is 0.126. The van der Waals surface area contributed by atoms with E-state index in [-0.39, 0.29) is 28.9 Å². The van der Waals surface area contributed by atoms with Gasteiger partial charge in [0.25, 0.3) is 5.56 Å². The summed E-state index contributed by atoms with van der Waals surface area (Å²) in [5.74, 6) is 0.0983. The van der Waals surface area contributed by atoms with Crippen LogP contribution in [0.25, 0.3) is 5.69 Å². The zero-order valence-electron chi connectivity index (χ0n) is 18.3. The number of benzene rings is 2. The maximum atomic E-state index is 12.7. The van der Waals surface area contributed by atoms with Gasteiger partial charge in [-0.2, -0.15) is 0 Å². The summed E-state index contributed by atoms with van der Waals surface area (Å²) in [6.07, 6.45) is 1.68. The molecule has 1 aliphatic heterocycles. The third-order valence-corrected chi connectivity index (χ3v) is 7.39. The Balaban J connectivity index is 1.50. The van der Waals surface area contributed by atoms with Crippen LogP contribution in [0.1, 0.15) is 11.5 Å². The molecule has 1 N–H and O–H groups in total. The van der Waals surface area contributed by atoms with Crippen LogP contribution >= 0.6 is 11.6 Å². The highest BCUT2D eigenvalue weighted by Gasteiger charge is 2.37. The molecule has 2 aromatic carbocycles. The lowest BCUT2D eigenvalue weighted by atomic mass is 9.89. The van der Waals surface area contributed by atoms with Crippen molar-refractivity contribution in [3.63, 3.8) is 0 Å². The van der Waals surface area contributed by atoms with Gasteiger partial charge in [0.1, 0.15) is 5.75 Å². The number of carboxylic acid groups (broad SMARTS) is 1. The van der Waals surface area contributed by atoms with Crippen molar-refractivity contribution >= 4 is 27.5 Å². The molecule has 0 saturated carbocycles. The number of rotatable bonds is 6. The first-order valence-electron chi connectivity index (χ1n) is 10.5. The average molecular weight is 503 g/mol. The van der Waals surface area contributed by atoms with Crippen molar-refractivity contribution in [3.05, 3.63) is 87.8 Å². The van der Waals surface area contributed by atoms with Crippen LogP contribution in [0.4, 0.5) is 4.79 Å². The summed E-state index contributed by atoms with van der Waals surface area (Å²) in [6.45, 7) is 0.833. The average Bonchev–Trinajstić information content (AvgIpc) is 3.22. The lowest BCUT2D eigenvalue weighted by molar-refractivity contribution is 0.151. The Labute approximate surface area is 201 Å².